The molecule has 11 heteroatoms. The van der Waals surface area contributed by atoms with Gasteiger partial charge in [-0.2, -0.15) is 4.98 Å². The van der Waals surface area contributed by atoms with E-state index in [1.807, 2.05) is 0 Å². The van der Waals surface area contributed by atoms with Gasteiger partial charge in [0.1, 0.15) is 5.75 Å². The zero-order chi connectivity index (χ0) is 20.0. The minimum absolute atomic E-state index is 0.0629. The monoisotopic (exact) mass is 411 g/mol. The highest BCUT2D eigenvalue weighted by atomic mass is 32.2. The molecule has 0 amide bonds. The topological polar surface area (TPSA) is 87.3 Å². The molecule has 0 fully saturated rings. The van der Waals surface area contributed by atoms with E-state index in [4.69, 9.17) is 9.26 Å². The van der Waals surface area contributed by atoms with Gasteiger partial charge in [-0.05, 0) is 36.4 Å². The van der Waals surface area contributed by atoms with Crippen LogP contribution in [0.15, 0.2) is 58.2 Å². The van der Waals surface area contributed by atoms with Crippen LogP contribution in [0.1, 0.15) is 5.89 Å². The summed E-state index contributed by atoms with van der Waals surface area (Å²) in [5.74, 6) is -0.509. The van der Waals surface area contributed by atoms with Gasteiger partial charge in [0.25, 0.3) is 5.89 Å². The van der Waals surface area contributed by atoms with Crippen molar-refractivity contribution in [2.24, 2.45) is 0 Å². The Morgan fingerprint density at radius 2 is 1.82 bits per heavy atom. The average molecular weight is 411 g/mol. The van der Waals surface area contributed by atoms with Crippen LogP contribution in [0.25, 0.3) is 11.4 Å². The molecule has 2 aromatic heterocycles. The maximum Gasteiger partial charge on any atom is 0.573 e. The van der Waals surface area contributed by atoms with Crippen molar-refractivity contribution in [1.82, 2.24) is 15.1 Å². The van der Waals surface area contributed by atoms with Crippen molar-refractivity contribution >= 4 is 17.7 Å². The Morgan fingerprint density at radius 1 is 1.11 bits per heavy atom. The van der Waals surface area contributed by atoms with Gasteiger partial charge in [-0.15, -0.1) is 24.9 Å². The molecule has 0 aliphatic rings. The van der Waals surface area contributed by atoms with Crippen LogP contribution in [0.5, 0.6) is 5.75 Å². The highest BCUT2D eigenvalue weighted by Crippen LogP contribution is 2.25. The molecule has 2 heterocycles. The van der Waals surface area contributed by atoms with E-state index >= 15 is 0 Å². The van der Waals surface area contributed by atoms with Crippen LogP contribution in [-0.4, -0.2) is 33.2 Å². The first-order valence-electron chi connectivity index (χ1n) is 7.76. The van der Waals surface area contributed by atoms with Gasteiger partial charge >= 0.3 is 12.3 Å². The van der Waals surface area contributed by atoms with Crippen LogP contribution in [0.4, 0.5) is 13.2 Å². The lowest BCUT2D eigenvalue weighted by Crippen LogP contribution is -2.16. The second kappa shape index (κ2) is 8.74. The van der Waals surface area contributed by atoms with Crippen molar-refractivity contribution in [2.45, 2.75) is 17.9 Å². The molecule has 0 aliphatic carbocycles. The number of aromatic nitrogens is 3. The normalized spacial score (nSPS) is 11.2. The van der Waals surface area contributed by atoms with Crippen molar-refractivity contribution in [3.8, 4) is 17.1 Å². The van der Waals surface area contributed by atoms with Crippen LogP contribution >= 0.6 is 11.8 Å². The van der Waals surface area contributed by atoms with Crippen LogP contribution in [0, 0.1) is 0 Å². The molecule has 0 saturated carbocycles. The summed E-state index contributed by atoms with van der Waals surface area (Å²) in [7, 11) is 0. The number of carbonyl (C=O) groups is 1. The van der Waals surface area contributed by atoms with E-state index in [-0.39, 0.29) is 29.8 Å². The summed E-state index contributed by atoms with van der Waals surface area (Å²) in [4.78, 5) is 20.6. The van der Waals surface area contributed by atoms with E-state index in [9.17, 15) is 18.0 Å². The molecule has 146 valence electrons. The Hall–Kier alpha value is -3.08. The average Bonchev–Trinajstić information content (AvgIpc) is 3.14. The molecular weight excluding hydrogens is 399 g/mol. The lowest BCUT2D eigenvalue weighted by molar-refractivity contribution is -0.274. The van der Waals surface area contributed by atoms with E-state index in [0.29, 0.717) is 5.56 Å². The number of thioether (sulfide) groups is 1. The molecule has 3 rings (SSSR count). The highest BCUT2D eigenvalue weighted by molar-refractivity contribution is 8.00. The van der Waals surface area contributed by atoms with Gasteiger partial charge < -0.3 is 14.0 Å². The predicted molar refractivity (Wildman–Crippen MR) is 91.2 cm³/mol. The summed E-state index contributed by atoms with van der Waals surface area (Å²) in [5.41, 5.74) is 0.420. The molecule has 1 aromatic carbocycles. The number of esters is 1. The van der Waals surface area contributed by atoms with Crippen LogP contribution < -0.4 is 4.74 Å². The van der Waals surface area contributed by atoms with Crippen molar-refractivity contribution in [1.29, 1.82) is 0 Å². The summed E-state index contributed by atoms with van der Waals surface area (Å²) in [6, 6.07) is 8.52. The van der Waals surface area contributed by atoms with E-state index in [1.54, 1.807) is 24.5 Å². The number of alkyl halides is 3. The van der Waals surface area contributed by atoms with Gasteiger partial charge in [0.2, 0.25) is 5.82 Å². The molecule has 3 aromatic rings. The largest absolute Gasteiger partial charge is 0.573 e. The number of benzene rings is 1. The maximum atomic E-state index is 12.2. The summed E-state index contributed by atoms with van der Waals surface area (Å²) >= 11 is 1.30. The summed E-state index contributed by atoms with van der Waals surface area (Å²) in [5, 5.41) is 3.71. The fraction of sp³-hybridized carbons (Fsp3) is 0.176. The van der Waals surface area contributed by atoms with E-state index in [2.05, 4.69) is 19.9 Å². The molecule has 7 nitrogen and oxygen atoms in total. The summed E-state index contributed by atoms with van der Waals surface area (Å²) in [6.45, 7) is -0.210. The number of nitrogens with zero attached hydrogens (tertiary/aromatic N) is 3. The number of pyridine rings is 1. The van der Waals surface area contributed by atoms with Crippen LogP contribution in [0.2, 0.25) is 0 Å². The zero-order valence-electron chi connectivity index (χ0n) is 14.0. The lowest BCUT2D eigenvalue weighted by atomic mass is 10.2. The molecule has 0 unspecified atom stereocenters. The molecular formula is C17H12F3N3O4S. The SMILES string of the molecule is O=C(CSc1ccncc1)OCc1nc(-c2ccc(OC(F)(F)F)cc2)no1. The third-order valence-electron chi connectivity index (χ3n) is 3.18. The van der Waals surface area contributed by atoms with E-state index < -0.39 is 12.3 Å². The van der Waals surface area contributed by atoms with Gasteiger partial charge in [0.15, 0.2) is 6.61 Å². The summed E-state index contributed by atoms with van der Waals surface area (Å²) < 4.78 is 50.3. The highest BCUT2D eigenvalue weighted by Gasteiger charge is 2.31. The van der Waals surface area contributed by atoms with Gasteiger partial charge in [0, 0.05) is 22.9 Å². The Kier molecular flexibility index (Phi) is 6.14. The zero-order valence-corrected chi connectivity index (χ0v) is 14.9. The Bertz CT molecular complexity index is 917. The first-order valence-corrected chi connectivity index (χ1v) is 8.75. The van der Waals surface area contributed by atoms with E-state index in [1.165, 1.54) is 23.9 Å². The lowest BCUT2D eigenvalue weighted by Gasteiger charge is -2.08. The number of halogens is 3. The quantitative estimate of drug-likeness (QED) is 0.428. The second-order valence-corrected chi connectivity index (χ2v) is 6.26. The third kappa shape index (κ3) is 5.98. The number of carbonyl (C=O) groups excluding carboxylic acids is 1. The molecule has 0 aliphatic heterocycles. The van der Waals surface area contributed by atoms with Crippen LogP contribution in [-0.2, 0) is 16.1 Å². The standard InChI is InChI=1S/C17H12F3N3O4S/c18-17(19,20)26-12-3-1-11(2-4-12)16-22-14(27-23-16)9-25-15(24)10-28-13-5-7-21-8-6-13/h1-8H,9-10H2. The number of hydrogen-bond donors (Lipinski definition) is 0. The van der Waals surface area contributed by atoms with Gasteiger partial charge in [0.05, 0.1) is 5.75 Å². The molecule has 0 bridgehead atoms. The molecule has 0 N–H and O–H groups in total. The predicted octanol–water partition coefficient (Wildman–Crippen LogP) is 3.87. The molecule has 0 spiro atoms. The van der Waals surface area contributed by atoms with Gasteiger partial charge in [-0.1, -0.05) is 5.16 Å². The van der Waals surface area contributed by atoms with Crippen LogP contribution in [0.3, 0.4) is 0 Å². The van der Waals surface area contributed by atoms with Crippen molar-refractivity contribution in [2.75, 3.05) is 5.75 Å². The fourth-order valence-electron chi connectivity index (χ4n) is 2.00. The van der Waals surface area contributed by atoms with Crippen molar-refractivity contribution < 1.29 is 32.0 Å². The minimum Gasteiger partial charge on any atom is -0.455 e. The Labute approximate surface area is 160 Å². The first-order chi connectivity index (χ1) is 13.4. The van der Waals surface area contributed by atoms with E-state index in [0.717, 1.165) is 17.0 Å². The Balaban J connectivity index is 1.50. The van der Waals surface area contributed by atoms with Gasteiger partial charge in [-0.3, -0.25) is 9.78 Å². The fourth-order valence-corrected chi connectivity index (χ4v) is 2.68. The molecule has 0 atom stereocenters. The second-order valence-electron chi connectivity index (χ2n) is 5.22. The third-order valence-corrected chi connectivity index (χ3v) is 4.16. The smallest absolute Gasteiger partial charge is 0.455 e. The Morgan fingerprint density at radius 3 is 2.50 bits per heavy atom. The molecule has 28 heavy (non-hydrogen) atoms. The first kappa shape index (κ1) is 19.7. The van der Waals surface area contributed by atoms with Crippen molar-refractivity contribution in [3.05, 3.63) is 54.7 Å². The molecule has 0 saturated heterocycles. The molecule has 0 radical (unpaired) electrons. The minimum atomic E-state index is -4.76. The van der Waals surface area contributed by atoms with Gasteiger partial charge in [-0.25, -0.2) is 0 Å². The number of hydrogen-bond acceptors (Lipinski definition) is 8. The maximum absolute atomic E-state index is 12.2. The number of rotatable bonds is 7. The van der Waals surface area contributed by atoms with Crippen molar-refractivity contribution in [3.63, 3.8) is 0 Å². The number of ether oxygens (including phenoxy) is 2. The summed E-state index contributed by atoms with van der Waals surface area (Å²) in [6.07, 6.45) is -1.52.